The molecule has 3 unspecified atom stereocenters. The van der Waals surface area contributed by atoms with Crippen molar-refractivity contribution >= 4 is 11.0 Å². The van der Waals surface area contributed by atoms with Crippen LogP contribution in [0.5, 0.6) is 0 Å². The van der Waals surface area contributed by atoms with Gasteiger partial charge in [0.15, 0.2) is 0 Å². The lowest BCUT2D eigenvalue weighted by Gasteiger charge is -2.42. The van der Waals surface area contributed by atoms with E-state index in [0.717, 1.165) is 26.1 Å². The van der Waals surface area contributed by atoms with Crippen LogP contribution in [-0.4, -0.2) is 51.4 Å². The maximum Gasteiger partial charge on any atom is 0.0914 e. The Balaban J connectivity index is 2.58. The largest absolute Gasteiger partial charge is 0.298 e. The molecule has 1 saturated heterocycles. The molecule has 3 atom stereocenters. The van der Waals surface area contributed by atoms with Crippen LogP contribution in [0.15, 0.2) is 0 Å². The van der Waals surface area contributed by atoms with E-state index in [2.05, 4.69) is 30.0 Å². The molecule has 1 aliphatic rings. The summed E-state index contributed by atoms with van der Waals surface area (Å²) in [5.41, 5.74) is 0. The summed E-state index contributed by atoms with van der Waals surface area (Å²) in [4.78, 5) is 2.53. The van der Waals surface area contributed by atoms with Crippen LogP contribution >= 0.6 is 0 Å². The molecule has 1 fully saturated rings. The van der Waals surface area contributed by atoms with Crippen molar-refractivity contribution in [2.24, 2.45) is 0 Å². The number of nitrogens with zero attached hydrogens (tertiary/aromatic N) is 2. The van der Waals surface area contributed by atoms with Gasteiger partial charge < -0.3 is 0 Å². The molecule has 3 nitrogen and oxygen atoms in total. The molecule has 0 saturated carbocycles. The van der Waals surface area contributed by atoms with Gasteiger partial charge in [0.2, 0.25) is 0 Å². The quantitative estimate of drug-likeness (QED) is 0.733. The summed E-state index contributed by atoms with van der Waals surface area (Å²) in [6, 6.07) is 1.13. The van der Waals surface area contributed by atoms with Crippen LogP contribution in [-0.2, 0) is 11.0 Å². The van der Waals surface area contributed by atoms with Gasteiger partial charge in [-0.15, -0.1) is 0 Å². The topological polar surface area (TPSA) is 23.6 Å². The predicted octanol–water partition coefficient (Wildman–Crippen LogP) is 1.47. The summed E-state index contributed by atoms with van der Waals surface area (Å²) in [6.07, 6.45) is 4.08. The number of piperazine rings is 1. The minimum atomic E-state index is -0.805. The molecule has 0 aromatic heterocycles. The Morgan fingerprint density at radius 1 is 1.40 bits per heavy atom. The third-order valence-corrected chi connectivity index (χ3v) is 4.62. The summed E-state index contributed by atoms with van der Waals surface area (Å²) in [7, 11) is -0.805. The highest BCUT2D eigenvalue weighted by atomic mass is 32.2. The predicted molar refractivity (Wildman–Crippen MR) is 66.2 cm³/mol. The van der Waals surface area contributed by atoms with Gasteiger partial charge in [-0.1, -0.05) is 13.8 Å². The van der Waals surface area contributed by atoms with E-state index in [1.807, 2.05) is 0 Å². The van der Waals surface area contributed by atoms with Crippen molar-refractivity contribution in [3.63, 3.8) is 0 Å². The average Bonchev–Trinajstić information content (AvgIpc) is 2.26. The maximum atomic E-state index is 11.5. The first-order valence-corrected chi connectivity index (χ1v) is 7.45. The lowest BCUT2D eigenvalue weighted by Crippen LogP contribution is -2.55. The Hall–Kier alpha value is 0.0700. The zero-order valence-corrected chi connectivity index (χ0v) is 11.2. The molecule has 1 heterocycles. The first-order chi connectivity index (χ1) is 7.10. The smallest absolute Gasteiger partial charge is 0.0914 e. The second-order valence-corrected chi connectivity index (χ2v) is 5.70. The van der Waals surface area contributed by atoms with Crippen LogP contribution in [0.4, 0.5) is 0 Å². The molecule has 0 bridgehead atoms. The molecule has 0 aromatic carbocycles. The number of hydrogen-bond donors (Lipinski definition) is 0. The fourth-order valence-corrected chi connectivity index (χ4v) is 3.17. The van der Waals surface area contributed by atoms with Crippen molar-refractivity contribution in [1.82, 2.24) is 9.21 Å². The SMILES string of the molecule is CCC(C)N1CCN(S(C)=O)C(CC)C1. The van der Waals surface area contributed by atoms with E-state index in [0.29, 0.717) is 12.1 Å². The highest BCUT2D eigenvalue weighted by Crippen LogP contribution is 2.17. The summed E-state index contributed by atoms with van der Waals surface area (Å²) in [5, 5.41) is 0. The van der Waals surface area contributed by atoms with Crippen LogP contribution in [0.25, 0.3) is 0 Å². The van der Waals surface area contributed by atoms with Gasteiger partial charge in [0.05, 0.1) is 11.0 Å². The van der Waals surface area contributed by atoms with Crippen molar-refractivity contribution in [3.8, 4) is 0 Å². The van der Waals surface area contributed by atoms with Crippen LogP contribution in [0.1, 0.15) is 33.6 Å². The van der Waals surface area contributed by atoms with Crippen LogP contribution in [0.2, 0.25) is 0 Å². The van der Waals surface area contributed by atoms with Gasteiger partial charge in [-0.3, -0.25) is 4.90 Å². The fraction of sp³-hybridized carbons (Fsp3) is 1.00. The number of hydrogen-bond acceptors (Lipinski definition) is 2. The van der Waals surface area contributed by atoms with E-state index in [9.17, 15) is 4.21 Å². The molecular weight excluding hydrogens is 208 g/mol. The molecule has 4 heteroatoms. The maximum absolute atomic E-state index is 11.5. The van der Waals surface area contributed by atoms with E-state index >= 15 is 0 Å². The molecule has 0 aromatic rings. The van der Waals surface area contributed by atoms with Crippen LogP contribution in [0.3, 0.4) is 0 Å². The van der Waals surface area contributed by atoms with E-state index in [-0.39, 0.29) is 0 Å². The molecule has 0 spiro atoms. The van der Waals surface area contributed by atoms with Crippen LogP contribution < -0.4 is 0 Å². The average molecular weight is 232 g/mol. The highest BCUT2D eigenvalue weighted by Gasteiger charge is 2.29. The third kappa shape index (κ3) is 3.26. The summed E-state index contributed by atoms with van der Waals surface area (Å²) < 4.78 is 13.7. The highest BCUT2D eigenvalue weighted by molar-refractivity contribution is 7.81. The van der Waals surface area contributed by atoms with Gasteiger partial charge in [-0.25, -0.2) is 8.51 Å². The minimum absolute atomic E-state index is 0.471. The molecule has 0 amide bonds. The first-order valence-electron chi connectivity index (χ1n) is 5.94. The number of rotatable bonds is 4. The Morgan fingerprint density at radius 2 is 2.07 bits per heavy atom. The fourth-order valence-electron chi connectivity index (χ4n) is 2.19. The Morgan fingerprint density at radius 3 is 2.53 bits per heavy atom. The molecule has 1 rings (SSSR count). The van der Waals surface area contributed by atoms with Gasteiger partial charge in [0.1, 0.15) is 0 Å². The molecular formula is C11H24N2OS. The molecule has 0 radical (unpaired) electrons. The van der Waals surface area contributed by atoms with Crippen molar-refractivity contribution in [2.45, 2.75) is 45.7 Å². The second kappa shape index (κ2) is 5.97. The van der Waals surface area contributed by atoms with E-state index < -0.39 is 11.0 Å². The van der Waals surface area contributed by atoms with Crippen molar-refractivity contribution in [2.75, 3.05) is 25.9 Å². The van der Waals surface area contributed by atoms with Crippen molar-refractivity contribution in [3.05, 3.63) is 0 Å². The van der Waals surface area contributed by atoms with Gasteiger partial charge in [-0.05, 0) is 19.8 Å². The standard InChI is InChI=1S/C11H24N2OS/c1-5-10(3)12-7-8-13(15(4)14)11(6-2)9-12/h10-11H,5-9H2,1-4H3. The molecule has 0 N–H and O–H groups in total. The molecule has 1 aliphatic heterocycles. The monoisotopic (exact) mass is 232 g/mol. The van der Waals surface area contributed by atoms with Gasteiger partial charge in [0.25, 0.3) is 0 Å². The van der Waals surface area contributed by atoms with Crippen molar-refractivity contribution in [1.29, 1.82) is 0 Å². The van der Waals surface area contributed by atoms with Gasteiger partial charge in [0, 0.05) is 38.0 Å². The normalized spacial score (nSPS) is 28.9. The van der Waals surface area contributed by atoms with Gasteiger partial charge in [-0.2, -0.15) is 0 Å². The van der Waals surface area contributed by atoms with Gasteiger partial charge >= 0.3 is 0 Å². The lowest BCUT2D eigenvalue weighted by molar-refractivity contribution is 0.102. The van der Waals surface area contributed by atoms with Crippen molar-refractivity contribution < 1.29 is 4.21 Å². The lowest BCUT2D eigenvalue weighted by atomic mass is 10.1. The summed E-state index contributed by atoms with van der Waals surface area (Å²) in [6.45, 7) is 9.79. The Kier molecular flexibility index (Phi) is 5.23. The minimum Gasteiger partial charge on any atom is -0.298 e. The Bertz CT molecular complexity index is 223. The molecule has 90 valence electrons. The van der Waals surface area contributed by atoms with E-state index in [1.54, 1.807) is 6.26 Å². The summed E-state index contributed by atoms with van der Waals surface area (Å²) >= 11 is 0. The van der Waals surface area contributed by atoms with E-state index in [4.69, 9.17) is 0 Å². The Labute approximate surface area is 96.4 Å². The second-order valence-electron chi connectivity index (χ2n) is 4.38. The zero-order valence-electron chi connectivity index (χ0n) is 10.4. The third-order valence-electron chi connectivity index (χ3n) is 3.48. The molecule has 15 heavy (non-hydrogen) atoms. The molecule has 0 aliphatic carbocycles. The summed E-state index contributed by atoms with van der Waals surface area (Å²) in [5.74, 6) is 0. The zero-order chi connectivity index (χ0) is 11.4. The first kappa shape index (κ1) is 13.1. The van der Waals surface area contributed by atoms with E-state index in [1.165, 1.54) is 6.42 Å². The van der Waals surface area contributed by atoms with Crippen LogP contribution in [0, 0.1) is 0 Å².